The Bertz CT molecular complexity index is 439. The van der Waals surface area contributed by atoms with Crippen molar-refractivity contribution < 1.29 is 9.57 Å². The van der Waals surface area contributed by atoms with Gasteiger partial charge in [-0.25, -0.2) is 0 Å². The highest BCUT2D eigenvalue weighted by Crippen LogP contribution is 2.30. The van der Waals surface area contributed by atoms with Crippen LogP contribution in [0, 0.1) is 0 Å². The minimum absolute atomic E-state index is 0.570. The molecule has 76 valence electrons. The molecule has 0 amide bonds. The minimum atomic E-state index is -0.632. The zero-order chi connectivity index (χ0) is 10.1. The Morgan fingerprint density at radius 1 is 1.20 bits per heavy atom. The molecule has 0 fully saturated rings. The summed E-state index contributed by atoms with van der Waals surface area (Å²) in [6.45, 7) is 0.570. The first-order chi connectivity index (χ1) is 7.38. The van der Waals surface area contributed by atoms with Crippen LogP contribution < -0.4 is 10.2 Å². The van der Waals surface area contributed by atoms with E-state index in [4.69, 9.17) is 9.57 Å². The molecule has 1 N–H and O–H groups in total. The summed E-state index contributed by atoms with van der Waals surface area (Å²) in [7, 11) is 0. The Hall–Kier alpha value is -1.58. The van der Waals surface area contributed by atoms with Crippen LogP contribution >= 0.6 is 0 Å². The van der Waals surface area contributed by atoms with Crippen molar-refractivity contribution in [1.29, 1.82) is 0 Å². The summed E-state index contributed by atoms with van der Waals surface area (Å²) in [5.74, 6) is 0.864. The third-order valence-corrected chi connectivity index (χ3v) is 2.49. The number of hydrogen-bond donors (Lipinski definition) is 1. The van der Waals surface area contributed by atoms with Crippen molar-refractivity contribution in [3.63, 3.8) is 0 Å². The highest BCUT2D eigenvalue weighted by molar-refractivity contribution is 5.61. The van der Waals surface area contributed by atoms with E-state index in [2.05, 4.69) is 5.48 Å². The van der Waals surface area contributed by atoms with Gasteiger partial charge in [-0.1, -0.05) is 24.3 Å². The maximum atomic E-state index is 5.85. The third kappa shape index (κ3) is 1.46. The Morgan fingerprint density at radius 2 is 2.13 bits per heavy atom. The lowest BCUT2D eigenvalue weighted by molar-refractivity contribution is -0.0637. The molecule has 1 atom stereocenters. The number of ether oxygens (including phenoxy) is 1. The van der Waals surface area contributed by atoms with Crippen molar-refractivity contribution in [3.8, 4) is 5.75 Å². The van der Waals surface area contributed by atoms with Gasteiger partial charge >= 0.3 is 0 Å². The van der Waals surface area contributed by atoms with Crippen LogP contribution in [0.4, 0.5) is 0 Å². The van der Waals surface area contributed by atoms with Gasteiger partial charge in [-0.15, -0.1) is 0 Å². The predicted octanol–water partition coefficient (Wildman–Crippen LogP) is 1.88. The van der Waals surface area contributed by atoms with Crippen molar-refractivity contribution in [2.75, 3.05) is 6.61 Å². The molecule has 0 radical (unpaired) electrons. The van der Waals surface area contributed by atoms with E-state index >= 15 is 0 Å². The molecule has 1 aromatic rings. The summed E-state index contributed by atoms with van der Waals surface area (Å²) < 4.78 is 5.85. The average molecular weight is 201 g/mol. The summed E-state index contributed by atoms with van der Waals surface area (Å²) in [5.41, 5.74) is 3.33. The number of nitrogens with one attached hydrogen (secondary N) is 1. The molecular weight excluding hydrogens is 190 g/mol. The van der Waals surface area contributed by atoms with Gasteiger partial charge in [0.1, 0.15) is 5.75 Å². The summed E-state index contributed by atoms with van der Waals surface area (Å²) in [6.07, 6.45) is 7.88. The van der Waals surface area contributed by atoms with E-state index in [9.17, 15) is 0 Å². The normalized spacial score (nSPS) is 27.5. The van der Waals surface area contributed by atoms with Gasteiger partial charge in [0.15, 0.2) is 0 Å². The Kier molecular flexibility index (Phi) is 1.87. The van der Waals surface area contributed by atoms with E-state index < -0.39 is 5.72 Å². The molecule has 0 aliphatic carbocycles. The van der Waals surface area contributed by atoms with Crippen LogP contribution in [-0.4, -0.2) is 12.3 Å². The number of hydrogen-bond acceptors (Lipinski definition) is 3. The van der Waals surface area contributed by atoms with Crippen LogP contribution in [0.2, 0.25) is 0 Å². The standard InChI is InChI=1S/C12H11NO2/c1-2-5-11-10(4-1)6-8-12(15-11)7-3-9-14-13-12/h1-8,13H,9H2. The Balaban J connectivity index is 2.01. The molecule has 3 nitrogen and oxygen atoms in total. The van der Waals surface area contributed by atoms with Crippen molar-refractivity contribution in [1.82, 2.24) is 5.48 Å². The Labute approximate surface area is 88.0 Å². The fourth-order valence-electron chi connectivity index (χ4n) is 1.74. The molecule has 2 heterocycles. The van der Waals surface area contributed by atoms with Gasteiger partial charge in [-0.3, -0.25) is 4.84 Å². The lowest BCUT2D eigenvalue weighted by Crippen LogP contribution is -2.49. The molecule has 3 rings (SSSR count). The van der Waals surface area contributed by atoms with Crippen molar-refractivity contribution in [2.24, 2.45) is 0 Å². The fraction of sp³-hybridized carbons (Fsp3) is 0.167. The molecule has 2 aliphatic rings. The van der Waals surface area contributed by atoms with Gasteiger partial charge in [-0.05, 0) is 24.3 Å². The van der Waals surface area contributed by atoms with Gasteiger partial charge in [0.2, 0.25) is 5.72 Å². The van der Waals surface area contributed by atoms with Crippen LogP contribution in [-0.2, 0) is 4.84 Å². The van der Waals surface area contributed by atoms with Crippen LogP contribution in [0.5, 0.6) is 5.75 Å². The van der Waals surface area contributed by atoms with Crippen molar-refractivity contribution >= 4 is 6.08 Å². The number of benzene rings is 1. The van der Waals surface area contributed by atoms with E-state index in [1.807, 2.05) is 48.6 Å². The first kappa shape index (κ1) is 8.71. The molecule has 1 spiro atoms. The molecule has 0 bridgehead atoms. The second kappa shape index (κ2) is 3.22. The molecule has 3 heteroatoms. The highest BCUT2D eigenvalue weighted by Gasteiger charge is 2.31. The summed E-state index contributed by atoms with van der Waals surface area (Å²) >= 11 is 0. The third-order valence-electron chi connectivity index (χ3n) is 2.49. The number of para-hydroxylation sites is 1. The first-order valence-corrected chi connectivity index (χ1v) is 4.92. The number of rotatable bonds is 0. The molecule has 0 saturated heterocycles. The van der Waals surface area contributed by atoms with Gasteiger partial charge in [-0.2, -0.15) is 5.48 Å². The van der Waals surface area contributed by atoms with E-state index in [0.717, 1.165) is 11.3 Å². The van der Waals surface area contributed by atoms with Crippen LogP contribution in [0.25, 0.3) is 6.08 Å². The summed E-state index contributed by atoms with van der Waals surface area (Å²) in [5, 5.41) is 0. The van der Waals surface area contributed by atoms with E-state index in [0.29, 0.717) is 6.61 Å². The summed E-state index contributed by atoms with van der Waals surface area (Å²) in [6, 6.07) is 7.92. The summed E-state index contributed by atoms with van der Waals surface area (Å²) in [4.78, 5) is 5.16. The zero-order valence-electron chi connectivity index (χ0n) is 8.14. The minimum Gasteiger partial charge on any atom is -0.463 e. The largest absolute Gasteiger partial charge is 0.463 e. The molecule has 0 saturated carbocycles. The van der Waals surface area contributed by atoms with E-state index in [-0.39, 0.29) is 0 Å². The molecule has 1 aromatic carbocycles. The lowest BCUT2D eigenvalue weighted by Gasteiger charge is -2.34. The quantitative estimate of drug-likeness (QED) is 0.650. The molecule has 1 unspecified atom stereocenters. The van der Waals surface area contributed by atoms with Crippen molar-refractivity contribution in [2.45, 2.75) is 5.72 Å². The second-order valence-corrected chi connectivity index (χ2v) is 3.58. The van der Waals surface area contributed by atoms with Gasteiger partial charge in [0.25, 0.3) is 0 Å². The van der Waals surface area contributed by atoms with Gasteiger partial charge in [0, 0.05) is 5.56 Å². The van der Waals surface area contributed by atoms with Crippen LogP contribution in [0.15, 0.2) is 42.5 Å². The Morgan fingerprint density at radius 3 is 3.00 bits per heavy atom. The highest BCUT2D eigenvalue weighted by atomic mass is 16.7. The maximum Gasteiger partial charge on any atom is 0.221 e. The predicted molar refractivity (Wildman–Crippen MR) is 57.1 cm³/mol. The van der Waals surface area contributed by atoms with Crippen LogP contribution in [0.3, 0.4) is 0 Å². The second-order valence-electron chi connectivity index (χ2n) is 3.58. The molecule has 2 aliphatic heterocycles. The fourth-order valence-corrected chi connectivity index (χ4v) is 1.74. The first-order valence-electron chi connectivity index (χ1n) is 4.92. The van der Waals surface area contributed by atoms with Crippen LogP contribution in [0.1, 0.15) is 5.56 Å². The topological polar surface area (TPSA) is 30.5 Å². The average Bonchev–Trinajstić information content (AvgIpc) is 2.30. The smallest absolute Gasteiger partial charge is 0.221 e. The molecule has 15 heavy (non-hydrogen) atoms. The van der Waals surface area contributed by atoms with Gasteiger partial charge in [0.05, 0.1) is 6.61 Å². The lowest BCUT2D eigenvalue weighted by atomic mass is 10.1. The number of hydroxylamine groups is 1. The van der Waals surface area contributed by atoms with Crippen molar-refractivity contribution in [3.05, 3.63) is 48.1 Å². The molecule has 0 aromatic heterocycles. The van der Waals surface area contributed by atoms with E-state index in [1.165, 1.54) is 0 Å². The molecular formula is C12H11NO2. The number of fused-ring (bicyclic) bond motifs is 1. The zero-order valence-corrected chi connectivity index (χ0v) is 8.14. The maximum absolute atomic E-state index is 5.85. The van der Waals surface area contributed by atoms with Gasteiger partial charge < -0.3 is 4.74 Å². The SMILES string of the molecule is C1=CC2(C=Cc3ccccc3O2)NOC1. The monoisotopic (exact) mass is 201 g/mol. The van der Waals surface area contributed by atoms with E-state index in [1.54, 1.807) is 0 Å².